The van der Waals surface area contributed by atoms with Gasteiger partial charge in [0.1, 0.15) is 0 Å². The standard InChI is InChI=1S/C11H11ClN2/c1-9-4-2-3-5-11(9)14-10(8-12)6-7-13-14/h2-7H,8H2,1H3. The number of halogens is 1. The summed E-state index contributed by atoms with van der Waals surface area (Å²) in [5, 5.41) is 4.25. The Morgan fingerprint density at radius 3 is 2.79 bits per heavy atom. The molecule has 2 rings (SSSR count). The van der Waals surface area contributed by atoms with Crippen molar-refractivity contribution in [2.24, 2.45) is 0 Å². The summed E-state index contributed by atoms with van der Waals surface area (Å²) in [7, 11) is 0. The molecular formula is C11H11ClN2. The van der Waals surface area contributed by atoms with Crippen LogP contribution in [0.1, 0.15) is 11.3 Å². The van der Waals surface area contributed by atoms with Crippen molar-refractivity contribution < 1.29 is 0 Å². The predicted octanol–water partition coefficient (Wildman–Crippen LogP) is 2.92. The zero-order chi connectivity index (χ0) is 9.97. The van der Waals surface area contributed by atoms with Crippen molar-refractivity contribution in [1.82, 2.24) is 9.78 Å². The summed E-state index contributed by atoms with van der Waals surface area (Å²) in [6.07, 6.45) is 1.77. The fourth-order valence-electron chi connectivity index (χ4n) is 1.45. The van der Waals surface area contributed by atoms with Crippen LogP contribution >= 0.6 is 11.6 Å². The first-order valence-corrected chi connectivity index (χ1v) is 5.01. The Morgan fingerprint density at radius 1 is 1.29 bits per heavy atom. The van der Waals surface area contributed by atoms with Gasteiger partial charge in [0.2, 0.25) is 0 Å². The molecule has 0 saturated carbocycles. The van der Waals surface area contributed by atoms with Gasteiger partial charge < -0.3 is 0 Å². The van der Waals surface area contributed by atoms with E-state index in [1.807, 2.05) is 28.9 Å². The average molecular weight is 207 g/mol. The highest BCUT2D eigenvalue weighted by Crippen LogP contribution is 2.15. The molecule has 14 heavy (non-hydrogen) atoms. The Hall–Kier alpha value is -1.28. The SMILES string of the molecule is Cc1ccccc1-n1nccc1CCl. The molecule has 1 heterocycles. The number of hydrogen-bond acceptors (Lipinski definition) is 1. The second-order valence-electron chi connectivity index (χ2n) is 3.15. The second kappa shape index (κ2) is 3.84. The Kier molecular flexibility index (Phi) is 2.55. The lowest BCUT2D eigenvalue weighted by molar-refractivity contribution is 0.834. The van der Waals surface area contributed by atoms with Crippen molar-refractivity contribution in [3.8, 4) is 5.69 Å². The molecule has 0 fully saturated rings. The summed E-state index contributed by atoms with van der Waals surface area (Å²) >= 11 is 5.81. The lowest BCUT2D eigenvalue weighted by atomic mass is 10.2. The Bertz CT molecular complexity index is 434. The molecule has 0 N–H and O–H groups in total. The van der Waals surface area contributed by atoms with Gasteiger partial charge in [-0.05, 0) is 24.6 Å². The number of benzene rings is 1. The fourth-order valence-corrected chi connectivity index (χ4v) is 1.65. The van der Waals surface area contributed by atoms with Gasteiger partial charge in [-0.1, -0.05) is 18.2 Å². The first-order chi connectivity index (χ1) is 6.83. The van der Waals surface area contributed by atoms with E-state index in [1.54, 1.807) is 6.20 Å². The Morgan fingerprint density at radius 2 is 2.07 bits per heavy atom. The van der Waals surface area contributed by atoms with Crippen LogP contribution in [-0.2, 0) is 5.88 Å². The zero-order valence-corrected chi connectivity index (χ0v) is 8.70. The maximum absolute atomic E-state index is 5.81. The molecule has 3 heteroatoms. The molecule has 0 aliphatic rings. The molecule has 0 radical (unpaired) electrons. The lowest BCUT2D eigenvalue weighted by Gasteiger charge is -2.07. The maximum Gasteiger partial charge on any atom is 0.0678 e. The summed E-state index contributed by atoms with van der Waals surface area (Å²) in [5.41, 5.74) is 3.30. The highest BCUT2D eigenvalue weighted by molar-refractivity contribution is 6.16. The quantitative estimate of drug-likeness (QED) is 0.691. The van der Waals surface area contributed by atoms with Gasteiger partial charge in [0, 0.05) is 6.20 Å². The molecule has 0 atom stereocenters. The Labute approximate surface area is 88.1 Å². The van der Waals surface area contributed by atoms with Gasteiger partial charge in [0.25, 0.3) is 0 Å². The molecular weight excluding hydrogens is 196 g/mol. The summed E-state index contributed by atoms with van der Waals surface area (Å²) in [6, 6.07) is 10.1. The molecule has 2 nitrogen and oxygen atoms in total. The van der Waals surface area contributed by atoms with Gasteiger partial charge in [-0.15, -0.1) is 11.6 Å². The van der Waals surface area contributed by atoms with E-state index in [-0.39, 0.29) is 0 Å². The van der Waals surface area contributed by atoms with Crippen LogP contribution in [0.2, 0.25) is 0 Å². The van der Waals surface area contributed by atoms with Gasteiger partial charge in [-0.25, -0.2) is 4.68 Å². The summed E-state index contributed by atoms with van der Waals surface area (Å²) in [6.45, 7) is 2.06. The summed E-state index contributed by atoms with van der Waals surface area (Å²) in [4.78, 5) is 0. The molecule has 72 valence electrons. The first-order valence-electron chi connectivity index (χ1n) is 4.48. The average Bonchev–Trinajstić information content (AvgIpc) is 2.66. The number of para-hydroxylation sites is 1. The third kappa shape index (κ3) is 1.53. The third-order valence-corrected chi connectivity index (χ3v) is 2.48. The van der Waals surface area contributed by atoms with E-state index >= 15 is 0 Å². The normalized spacial score (nSPS) is 10.4. The number of rotatable bonds is 2. The van der Waals surface area contributed by atoms with Crippen LogP contribution in [0.5, 0.6) is 0 Å². The number of hydrogen-bond donors (Lipinski definition) is 0. The molecule has 0 spiro atoms. The molecule has 0 aliphatic heterocycles. The van der Waals surface area contributed by atoms with Crippen LogP contribution in [0, 0.1) is 6.92 Å². The molecule has 0 aliphatic carbocycles. The van der Waals surface area contributed by atoms with Crippen molar-refractivity contribution in [3.05, 3.63) is 47.8 Å². The third-order valence-electron chi connectivity index (χ3n) is 2.20. The van der Waals surface area contributed by atoms with E-state index < -0.39 is 0 Å². The molecule has 0 unspecified atom stereocenters. The number of aromatic nitrogens is 2. The smallest absolute Gasteiger partial charge is 0.0678 e. The number of aryl methyl sites for hydroxylation is 1. The minimum Gasteiger partial charge on any atom is -0.236 e. The summed E-state index contributed by atoms with van der Waals surface area (Å²) in [5.74, 6) is 0.480. The van der Waals surface area contributed by atoms with E-state index in [9.17, 15) is 0 Å². The molecule has 0 saturated heterocycles. The molecule has 2 aromatic rings. The van der Waals surface area contributed by atoms with E-state index in [4.69, 9.17) is 11.6 Å². The zero-order valence-electron chi connectivity index (χ0n) is 7.94. The molecule has 0 amide bonds. The van der Waals surface area contributed by atoms with E-state index in [2.05, 4.69) is 18.1 Å². The molecule has 0 bridgehead atoms. The van der Waals surface area contributed by atoms with E-state index in [1.165, 1.54) is 5.56 Å². The van der Waals surface area contributed by atoms with Crippen molar-refractivity contribution >= 4 is 11.6 Å². The molecule has 1 aromatic carbocycles. The Balaban J connectivity index is 2.54. The van der Waals surface area contributed by atoms with Gasteiger partial charge in [0.05, 0.1) is 17.3 Å². The van der Waals surface area contributed by atoms with E-state index in [0.29, 0.717) is 5.88 Å². The lowest BCUT2D eigenvalue weighted by Crippen LogP contribution is -2.02. The monoisotopic (exact) mass is 206 g/mol. The summed E-state index contributed by atoms with van der Waals surface area (Å²) < 4.78 is 1.88. The topological polar surface area (TPSA) is 17.8 Å². The van der Waals surface area contributed by atoms with Crippen molar-refractivity contribution in [2.75, 3.05) is 0 Å². The van der Waals surface area contributed by atoms with Gasteiger partial charge >= 0.3 is 0 Å². The van der Waals surface area contributed by atoms with Gasteiger partial charge in [0.15, 0.2) is 0 Å². The van der Waals surface area contributed by atoms with Crippen LogP contribution in [0.3, 0.4) is 0 Å². The largest absolute Gasteiger partial charge is 0.236 e. The maximum atomic E-state index is 5.81. The van der Waals surface area contributed by atoms with Crippen LogP contribution in [-0.4, -0.2) is 9.78 Å². The van der Waals surface area contributed by atoms with Crippen molar-refractivity contribution in [2.45, 2.75) is 12.8 Å². The van der Waals surface area contributed by atoms with Crippen molar-refractivity contribution in [1.29, 1.82) is 0 Å². The van der Waals surface area contributed by atoms with E-state index in [0.717, 1.165) is 11.4 Å². The number of alkyl halides is 1. The van der Waals surface area contributed by atoms with Crippen LogP contribution in [0.25, 0.3) is 5.69 Å². The second-order valence-corrected chi connectivity index (χ2v) is 3.42. The van der Waals surface area contributed by atoms with Crippen LogP contribution in [0.15, 0.2) is 36.5 Å². The van der Waals surface area contributed by atoms with Crippen LogP contribution < -0.4 is 0 Å². The number of nitrogens with zero attached hydrogens (tertiary/aromatic N) is 2. The molecule has 1 aromatic heterocycles. The minimum atomic E-state index is 0.480. The van der Waals surface area contributed by atoms with Gasteiger partial charge in [-0.3, -0.25) is 0 Å². The van der Waals surface area contributed by atoms with Gasteiger partial charge in [-0.2, -0.15) is 5.10 Å². The highest BCUT2D eigenvalue weighted by Gasteiger charge is 2.04. The predicted molar refractivity (Wildman–Crippen MR) is 57.9 cm³/mol. The fraction of sp³-hybridized carbons (Fsp3) is 0.182. The highest BCUT2D eigenvalue weighted by atomic mass is 35.5. The van der Waals surface area contributed by atoms with Crippen molar-refractivity contribution in [3.63, 3.8) is 0 Å². The first kappa shape index (κ1) is 9.28. The minimum absolute atomic E-state index is 0.480. The van der Waals surface area contributed by atoms with Crippen LogP contribution in [0.4, 0.5) is 0 Å².